The zero-order valence-corrected chi connectivity index (χ0v) is 18.5. The molecule has 0 fully saturated rings. The van der Waals surface area contributed by atoms with E-state index in [4.69, 9.17) is 0 Å². The summed E-state index contributed by atoms with van der Waals surface area (Å²) < 4.78 is 27.9. The maximum absolute atomic E-state index is 11.6. The molecule has 3 N–H and O–H groups in total. The molecule has 4 aromatic rings. The van der Waals surface area contributed by atoms with Crippen molar-refractivity contribution in [3.05, 3.63) is 65.5 Å². The van der Waals surface area contributed by atoms with E-state index >= 15 is 0 Å². The van der Waals surface area contributed by atoms with Crippen molar-refractivity contribution in [2.75, 3.05) is 21.6 Å². The van der Waals surface area contributed by atoms with Crippen LogP contribution in [-0.2, 0) is 10.0 Å². The highest BCUT2D eigenvalue weighted by Crippen LogP contribution is 2.30. The van der Waals surface area contributed by atoms with Crippen LogP contribution >= 0.6 is 15.9 Å². The van der Waals surface area contributed by atoms with Gasteiger partial charge in [0.15, 0.2) is 0 Å². The zero-order chi connectivity index (χ0) is 21.8. The van der Waals surface area contributed by atoms with Crippen molar-refractivity contribution >= 4 is 54.8 Å². The molecule has 0 amide bonds. The summed E-state index contributed by atoms with van der Waals surface area (Å²) in [6.45, 7) is 0. The summed E-state index contributed by atoms with van der Waals surface area (Å²) in [4.78, 5) is 8.77. The van der Waals surface area contributed by atoms with E-state index in [2.05, 4.69) is 56.8 Å². The number of sulfonamides is 1. The van der Waals surface area contributed by atoms with Gasteiger partial charge in [-0.15, -0.1) is 5.10 Å². The lowest BCUT2D eigenvalue weighted by molar-refractivity contribution is 0.607. The highest BCUT2D eigenvalue weighted by atomic mass is 79.9. The summed E-state index contributed by atoms with van der Waals surface area (Å²) in [5, 5.41) is 17.4. The number of halogens is 1. The molecule has 0 aliphatic carbocycles. The Morgan fingerprint density at radius 3 is 2.58 bits per heavy atom. The summed E-state index contributed by atoms with van der Waals surface area (Å²) >= 11 is 3.42. The predicted octanol–water partition coefficient (Wildman–Crippen LogP) is 3.07. The third-order valence-corrected chi connectivity index (χ3v) is 5.11. The van der Waals surface area contributed by atoms with Crippen LogP contribution in [0.25, 0.3) is 5.69 Å². The molecule has 0 spiro atoms. The van der Waals surface area contributed by atoms with Crippen LogP contribution in [0.4, 0.5) is 28.8 Å². The van der Waals surface area contributed by atoms with E-state index in [1.54, 1.807) is 30.5 Å². The van der Waals surface area contributed by atoms with Gasteiger partial charge < -0.3 is 10.6 Å². The molecule has 0 bridgehead atoms. The molecule has 0 radical (unpaired) electrons. The molecule has 0 atom stereocenters. The van der Waals surface area contributed by atoms with Gasteiger partial charge in [-0.25, -0.2) is 18.1 Å². The van der Waals surface area contributed by atoms with Crippen LogP contribution < -0.4 is 15.4 Å². The van der Waals surface area contributed by atoms with Gasteiger partial charge in [0.2, 0.25) is 16.0 Å². The number of para-hydroxylation sites is 2. The van der Waals surface area contributed by atoms with Crippen LogP contribution in [0, 0.1) is 0 Å². The van der Waals surface area contributed by atoms with Crippen molar-refractivity contribution in [2.24, 2.45) is 0 Å². The van der Waals surface area contributed by atoms with Gasteiger partial charge >= 0.3 is 0 Å². The molecule has 0 aliphatic heterocycles. The van der Waals surface area contributed by atoms with E-state index in [0.717, 1.165) is 17.6 Å². The van der Waals surface area contributed by atoms with Crippen LogP contribution in [0.1, 0.15) is 0 Å². The van der Waals surface area contributed by atoms with Crippen molar-refractivity contribution in [1.82, 2.24) is 30.2 Å². The molecule has 0 saturated carbocycles. The molecule has 2 aromatic carbocycles. The highest BCUT2D eigenvalue weighted by molar-refractivity contribution is 9.10. The molecule has 158 valence electrons. The van der Waals surface area contributed by atoms with E-state index in [0.29, 0.717) is 27.6 Å². The van der Waals surface area contributed by atoms with Crippen LogP contribution in [0.5, 0.6) is 0 Å². The average molecular weight is 502 g/mol. The number of rotatable bonds is 7. The van der Waals surface area contributed by atoms with Gasteiger partial charge in [0.05, 0.1) is 27.8 Å². The van der Waals surface area contributed by atoms with Crippen LogP contribution in [-0.4, -0.2) is 44.8 Å². The molecular weight excluding hydrogens is 486 g/mol. The Labute approximate surface area is 186 Å². The number of benzene rings is 2. The smallest absolute Gasteiger partial charge is 0.229 e. The van der Waals surface area contributed by atoms with Gasteiger partial charge in [-0.3, -0.25) is 4.72 Å². The normalized spacial score (nSPS) is 11.2. The average Bonchev–Trinajstić information content (AvgIpc) is 3.26. The molecule has 2 aromatic heterocycles. The molecular formula is C18H16BrN9O2S. The Hall–Kier alpha value is -3.58. The second-order valence-corrected chi connectivity index (χ2v) is 8.97. The van der Waals surface area contributed by atoms with E-state index in [9.17, 15) is 8.42 Å². The summed E-state index contributed by atoms with van der Waals surface area (Å²) in [5.41, 5.74) is 2.45. The van der Waals surface area contributed by atoms with Gasteiger partial charge in [-0.1, -0.05) is 18.2 Å². The Morgan fingerprint density at radius 1 is 1.03 bits per heavy atom. The maximum Gasteiger partial charge on any atom is 0.229 e. The first kappa shape index (κ1) is 20.7. The van der Waals surface area contributed by atoms with E-state index in [1.807, 2.05) is 24.3 Å². The number of hydrogen-bond acceptors (Lipinski definition) is 9. The van der Waals surface area contributed by atoms with Gasteiger partial charge in [-0.05, 0) is 56.7 Å². The fraction of sp³-hybridized carbons (Fsp3) is 0.0556. The third-order valence-electron chi connectivity index (χ3n) is 3.94. The first-order valence-electron chi connectivity index (χ1n) is 8.84. The largest absolute Gasteiger partial charge is 0.337 e. The summed E-state index contributed by atoms with van der Waals surface area (Å²) in [6, 6.07) is 14.3. The zero-order valence-electron chi connectivity index (χ0n) is 16.1. The van der Waals surface area contributed by atoms with Crippen molar-refractivity contribution in [3.63, 3.8) is 0 Å². The number of anilines is 5. The number of hydrogen-bond donors (Lipinski definition) is 3. The fourth-order valence-corrected chi connectivity index (χ4v) is 3.53. The monoisotopic (exact) mass is 501 g/mol. The Morgan fingerprint density at radius 2 is 1.84 bits per heavy atom. The predicted molar refractivity (Wildman–Crippen MR) is 120 cm³/mol. The van der Waals surface area contributed by atoms with Crippen molar-refractivity contribution < 1.29 is 8.42 Å². The van der Waals surface area contributed by atoms with E-state index in [1.165, 1.54) is 11.0 Å². The second kappa shape index (κ2) is 8.65. The quantitative estimate of drug-likeness (QED) is 0.348. The number of tetrazole rings is 1. The molecule has 0 saturated heterocycles. The molecule has 4 rings (SSSR count). The van der Waals surface area contributed by atoms with Gasteiger partial charge in [0, 0.05) is 11.9 Å². The van der Waals surface area contributed by atoms with Crippen LogP contribution in [0.3, 0.4) is 0 Å². The number of aromatic nitrogens is 6. The van der Waals surface area contributed by atoms with Gasteiger partial charge in [0.25, 0.3) is 0 Å². The van der Waals surface area contributed by atoms with Crippen LogP contribution in [0.15, 0.2) is 65.5 Å². The first-order chi connectivity index (χ1) is 14.9. The molecule has 0 unspecified atom stereocenters. The van der Waals surface area contributed by atoms with E-state index in [-0.39, 0.29) is 0 Å². The van der Waals surface area contributed by atoms with Crippen molar-refractivity contribution in [3.8, 4) is 5.69 Å². The minimum Gasteiger partial charge on any atom is -0.337 e. The van der Waals surface area contributed by atoms with E-state index < -0.39 is 10.0 Å². The van der Waals surface area contributed by atoms with Crippen LogP contribution in [0.2, 0.25) is 0 Å². The lowest BCUT2D eigenvalue weighted by atomic mass is 10.2. The standard InChI is InChI=1S/C18H16BrN9O2S/c1-31(29,30)25-16-8-3-2-7-15(16)23-17-14(19)10-20-18(24-17)22-12-5-4-6-13(9-12)28-11-21-26-27-28/h2-11,25H,1H3,(H2,20,22,23,24). The Bertz CT molecular complexity index is 1310. The first-order valence-corrected chi connectivity index (χ1v) is 11.5. The second-order valence-electron chi connectivity index (χ2n) is 6.36. The summed E-state index contributed by atoms with van der Waals surface area (Å²) in [7, 11) is -3.44. The third kappa shape index (κ3) is 5.32. The molecule has 11 nitrogen and oxygen atoms in total. The molecule has 2 heterocycles. The topological polar surface area (TPSA) is 140 Å². The molecule has 13 heteroatoms. The lowest BCUT2D eigenvalue weighted by Gasteiger charge is -2.14. The molecule has 31 heavy (non-hydrogen) atoms. The lowest BCUT2D eigenvalue weighted by Crippen LogP contribution is -2.11. The van der Waals surface area contributed by atoms with Gasteiger partial charge in [-0.2, -0.15) is 4.98 Å². The minimum atomic E-state index is -3.44. The highest BCUT2D eigenvalue weighted by Gasteiger charge is 2.11. The summed E-state index contributed by atoms with van der Waals surface area (Å²) in [6.07, 6.45) is 4.19. The fourth-order valence-electron chi connectivity index (χ4n) is 2.66. The number of nitrogens with one attached hydrogen (secondary N) is 3. The Balaban J connectivity index is 1.59. The SMILES string of the molecule is CS(=O)(=O)Nc1ccccc1Nc1nc(Nc2cccc(-n3cnnn3)c2)ncc1Br. The molecule has 0 aliphatic rings. The Kier molecular flexibility index (Phi) is 5.77. The van der Waals surface area contributed by atoms with Crippen molar-refractivity contribution in [2.45, 2.75) is 0 Å². The maximum atomic E-state index is 11.6. The minimum absolute atomic E-state index is 0.341. The summed E-state index contributed by atoms with van der Waals surface area (Å²) in [5.74, 6) is 0.796. The van der Waals surface area contributed by atoms with Gasteiger partial charge in [0.1, 0.15) is 12.1 Å². The van der Waals surface area contributed by atoms with Crippen molar-refractivity contribution in [1.29, 1.82) is 0 Å². The number of nitrogens with zero attached hydrogens (tertiary/aromatic N) is 6.